The Bertz CT molecular complexity index is 1330. The van der Waals surface area contributed by atoms with Gasteiger partial charge in [-0.1, -0.05) is 36.4 Å². The molecule has 0 spiro atoms. The van der Waals surface area contributed by atoms with Crippen molar-refractivity contribution in [3.8, 4) is 0 Å². The van der Waals surface area contributed by atoms with E-state index in [0.29, 0.717) is 17.7 Å². The number of amides is 1. The van der Waals surface area contributed by atoms with Crippen LogP contribution in [0.1, 0.15) is 39.4 Å². The van der Waals surface area contributed by atoms with E-state index in [-0.39, 0.29) is 29.3 Å². The lowest BCUT2D eigenvalue weighted by molar-refractivity contribution is -0.376. The van der Waals surface area contributed by atoms with Crippen LogP contribution in [-0.4, -0.2) is 31.8 Å². The van der Waals surface area contributed by atoms with Gasteiger partial charge in [-0.15, -0.1) is 0 Å². The second-order valence-corrected chi connectivity index (χ2v) is 9.95. The molecule has 2 aromatic carbocycles. The van der Waals surface area contributed by atoms with Crippen LogP contribution in [-0.2, 0) is 21.4 Å². The van der Waals surface area contributed by atoms with Crippen molar-refractivity contribution in [1.29, 1.82) is 0 Å². The predicted octanol–water partition coefficient (Wildman–Crippen LogP) is 4.28. The van der Waals surface area contributed by atoms with Crippen LogP contribution in [0.4, 0.5) is 30.7 Å². The van der Waals surface area contributed by atoms with E-state index in [1.807, 2.05) is 0 Å². The second-order valence-electron chi connectivity index (χ2n) is 8.23. The van der Waals surface area contributed by atoms with Crippen LogP contribution in [0.2, 0.25) is 0 Å². The molecule has 1 amide bonds. The summed E-state index contributed by atoms with van der Waals surface area (Å²) in [6.07, 6.45) is -8.35. The number of rotatable bonds is 7. The molecule has 6 nitrogen and oxygen atoms in total. The first-order valence-corrected chi connectivity index (χ1v) is 12.0. The van der Waals surface area contributed by atoms with Gasteiger partial charge >= 0.3 is 12.4 Å². The third-order valence-corrected chi connectivity index (χ3v) is 6.87. The van der Waals surface area contributed by atoms with Crippen molar-refractivity contribution in [3.63, 3.8) is 0 Å². The van der Waals surface area contributed by atoms with Crippen LogP contribution in [0.5, 0.6) is 0 Å². The highest BCUT2D eigenvalue weighted by Gasteiger charge is 2.71. The van der Waals surface area contributed by atoms with Crippen LogP contribution >= 0.6 is 0 Å². The molecule has 0 aromatic heterocycles. The summed E-state index contributed by atoms with van der Waals surface area (Å²) in [7, 11) is -3.91. The Labute approximate surface area is 206 Å². The Hall–Kier alpha value is -3.39. The number of carbonyl (C=O) groups excluding carboxylic acids is 1. The van der Waals surface area contributed by atoms with Crippen molar-refractivity contribution in [2.45, 2.75) is 36.0 Å². The summed E-state index contributed by atoms with van der Waals surface area (Å²) < 4.78 is 120. The monoisotopic (exact) mass is 552 g/mol. The first-order valence-electron chi connectivity index (χ1n) is 10.4. The molecule has 1 aliphatic rings. The third-order valence-electron chi connectivity index (χ3n) is 5.61. The largest absolute Gasteiger partial charge is 0.430 e. The van der Waals surface area contributed by atoms with Crippen molar-refractivity contribution in [2.75, 3.05) is 0 Å². The highest BCUT2D eigenvalue weighted by atomic mass is 32.2. The topological polar surface area (TPSA) is 109 Å². The highest BCUT2D eigenvalue weighted by molar-refractivity contribution is 7.88. The normalized spacial score (nSPS) is 16.9. The molecule has 0 radical (unpaired) electrons. The number of hydrogen-bond acceptors (Lipinski definition) is 4. The van der Waals surface area contributed by atoms with Gasteiger partial charge in [0.05, 0.1) is 5.75 Å². The molecule has 1 aliphatic carbocycles. The number of alkyl halides is 6. The van der Waals surface area contributed by atoms with E-state index in [4.69, 9.17) is 5.73 Å². The zero-order chi connectivity index (χ0) is 27.8. The molecule has 0 saturated heterocycles. The first-order chi connectivity index (χ1) is 16.9. The van der Waals surface area contributed by atoms with Gasteiger partial charge in [0.25, 0.3) is 5.60 Å². The molecule has 0 aliphatic heterocycles. The fourth-order valence-electron chi connectivity index (χ4n) is 3.67. The molecule has 0 heterocycles. The van der Waals surface area contributed by atoms with E-state index < -0.39 is 56.9 Å². The maximum Gasteiger partial charge on any atom is 0.430 e. The van der Waals surface area contributed by atoms with Crippen molar-refractivity contribution in [2.24, 2.45) is 5.73 Å². The summed E-state index contributed by atoms with van der Waals surface area (Å²) in [5.41, 5.74) is -1.43. The third kappa shape index (κ3) is 5.96. The fourth-order valence-corrected chi connectivity index (χ4v) is 4.88. The van der Waals surface area contributed by atoms with Crippen molar-refractivity contribution in [3.05, 3.63) is 94.5 Å². The molecule has 200 valence electrons. The van der Waals surface area contributed by atoms with Gasteiger partial charge in [-0.25, -0.2) is 12.8 Å². The Balaban J connectivity index is 1.73. The summed E-state index contributed by atoms with van der Waals surface area (Å²) in [6, 6.07) is 6.58. The number of carbonyl (C=O) groups is 1. The molecule has 1 unspecified atom stereocenters. The second kappa shape index (κ2) is 9.82. The average molecular weight is 552 g/mol. The van der Waals surface area contributed by atoms with Crippen LogP contribution in [0.25, 0.3) is 0 Å². The number of allylic oxidation sites excluding steroid dienone is 3. The zero-order valence-electron chi connectivity index (χ0n) is 18.6. The molecule has 1 atom stereocenters. The lowest BCUT2D eigenvalue weighted by Crippen LogP contribution is -2.54. The van der Waals surface area contributed by atoms with Gasteiger partial charge < -0.3 is 10.8 Å². The Morgan fingerprint density at radius 2 is 1.62 bits per heavy atom. The Morgan fingerprint density at radius 3 is 2.08 bits per heavy atom. The lowest BCUT2D eigenvalue weighted by atomic mass is 9.87. The lowest BCUT2D eigenvalue weighted by Gasteiger charge is -2.33. The SMILES string of the molecule is NC(=O)c1ccc(CS(=O)(=O)NC2=CCC(c3ccc(C(O)(C(F)(F)F)C(F)(F)F)cc3F)C=C2)cc1. The van der Waals surface area contributed by atoms with E-state index in [9.17, 15) is 49.1 Å². The van der Waals surface area contributed by atoms with Crippen molar-refractivity contribution < 1.29 is 49.1 Å². The molecule has 0 saturated carbocycles. The number of benzene rings is 2. The summed E-state index contributed by atoms with van der Waals surface area (Å²) >= 11 is 0. The first kappa shape index (κ1) is 28.2. The van der Waals surface area contributed by atoms with Crippen LogP contribution in [0, 0.1) is 5.82 Å². The summed E-state index contributed by atoms with van der Waals surface area (Å²) in [6.45, 7) is 0. The van der Waals surface area contributed by atoms with E-state index in [1.54, 1.807) is 0 Å². The molecule has 37 heavy (non-hydrogen) atoms. The van der Waals surface area contributed by atoms with Gasteiger partial charge in [0.2, 0.25) is 15.9 Å². The molecule has 14 heteroatoms. The van der Waals surface area contributed by atoms with Crippen molar-refractivity contribution in [1.82, 2.24) is 4.72 Å². The minimum absolute atomic E-state index is 0.0183. The zero-order valence-corrected chi connectivity index (χ0v) is 19.4. The number of halogens is 7. The fraction of sp³-hybridized carbons (Fsp3) is 0.261. The smallest absolute Gasteiger partial charge is 0.369 e. The van der Waals surface area contributed by atoms with Gasteiger partial charge in [-0.3, -0.25) is 9.52 Å². The number of aliphatic hydroxyl groups is 1. The minimum atomic E-state index is -6.15. The van der Waals surface area contributed by atoms with E-state index >= 15 is 0 Å². The van der Waals surface area contributed by atoms with Gasteiger partial charge in [0.15, 0.2) is 0 Å². The summed E-state index contributed by atoms with van der Waals surface area (Å²) in [4.78, 5) is 11.1. The number of sulfonamides is 1. The summed E-state index contributed by atoms with van der Waals surface area (Å²) in [5.74, 6) is -3.36. The maximum absolute atomic E-state index is 14.6. The minimum Gasteiger partial charge on any atom is -0.369 e. The molecular weight excluding hydrogens is 533 g/mol. The van der Waals surface area contributed by atoms with Gasteiger partial charge in [-0.05, 0) is 41.8 Å². The average Bonchev–Trinajstić information content (AvgIpc) is 2.77. The molecule has 0 bridgehead atoms. The summed E-state index contributed by atoms with van der Waals surface area (Å²) in [5, 5.41) is 9.44. The number of primary amides is 1. The van der Waals surface area contributed by atoms with Crippen LogP contribution < -0.4 is 10.5 Å². The number of nitrogens with one attached hydrogen (secondary N) is 1. The van der Waals surface area contributed by atoms with Crippen LogP contribution in [0.15, 0.2) is 66.4 Å². The van der Waals surface area contributed by atoms with E-state index in [0.717, 1.165) is 0 Å². The van der Waals surface area contributed by atoms with E-state index in [2.05, 4.69) is 4.72 Å². The Morgan fingerprint density at radius 1 is 1.03 bits per heavy atom. The van der Waals surface area contributed by atoms with E-state index in [1.165, 1.54) is 42.5 Å². The quantitative estimate of drug-likeness (QED) is 0.446. The maximum atomic E-state index is 14.6. The van der Waals surface area contributed by atoms with Crippen molar-refractivity contribution >= 4 is 15.9 Å². The van der Waals surface area contributed by atoms with Gasteiger partial charge in [-0.2, -0.15) is 26.3 Å². The highest BCUT2D eigenvalue weighted by Crippen LogP contribution is 2.50. The molecule has 3 rings (SSSR count). The Kier molecular flexibility index (Phi) is 7.48. The number of nitrogens with two attached hydrogens (primary N) is 1. The van der Waals surface area contributed by atoms with Crippen LogP contribution in [0.3, 0.4) is 0 Å². The number of hydrogen-bond donors (Lipinski definition) is 3. The predicted molar refractivity (Wildman–Crippen MR) is 118 cm³/mol. The molecule has 2 aromatic rings. The van der Waals surface area contributed by atoms with Gasteiger partial charge in [0, 0.05) is 22.7 Å². The molecule has 4 N–H and O–H groups in total. The standard InChI is InChI=1S/C23H19F7N2O4S/c24-19-11-16(21(34,22(25,26)27)23(28,29)30)7-10-18(19)14-5-8-17(9-6-14)32-37(35,36)12-13-1-3-15(4-2-13)20(31)33/h1-5,7-11,14,32,34H,6,12H2,(H2,31,33). The molecule has 0 fully saturated rings. The van der Waals surface area contributed by atoms with Gasteiger partial charge in [0.1, 0.15) is 5.82 Å². The molecular formula is C23H19F7N2O4S.